The number of rotatable bonds is 6. The second-order valence-electron chi connectivity index (χ2n) is 6.07. The van der Waals surface area contributed by atoms with Crippen LogP contribution in [-0.2, 0) is 4.79 Å². The summed E-state index contributed by atoms with van der Waals surface area (Å²) in [7, 11) is 0. The maximum absolute atomic E-state index is 12.2. The average molecular weight is 356 g/mol. The van der Waals surface area contributed by atoms with Crippen LogP contribution >= 0.6 is 11.6 Å². The molecule has 1 aromatic carbocycles. The normalized spacial score (nSPS) is 17.2. The van der Waals surface area contributed by atoms with Crippen LogP contribution in [0.1, 0.15) is 13.8 Å². The Bertz CT molecular complexity index is 840. The molecule has 1 atom stereocenters. The Morgan fingerprint density at radius 1 is 1.24 bits per heavy atom. The van der Waals surface area contributed by atoms with E-state index in [4.69, 9.17) is 11.6 Å². The number of hydrogen-bond donors (Lipinski definition) is 1. The summed E-state index contributed by atoms with van der Waals surface area (Å²) in [6.07, 6.45) is 7.34. The SMILES string of the molecule is CCN(CC)CC1=CC(Nc2ccnc3cc(Cl)ccc23)C=CC1=O. The van der Waals surface area contributed by atoms with E-state index < -0.39 is 0 Å². The molecule has 1 aliphatic carbocycles. The molecule has 0 fully saturated rings. The third-order valence-electron chi connectivity index (χ3n) is 4.47. The van der Waals surface area contributed by atoms with E-state index in [0.717, 1.165) is 35.3 Å². The van der Waals surface area contributed by atoms with Gasteiger partial charge in [0.25, 0.3) is 0 Å². The molecule has 0 saturated carbocycles. The number of ketones is 1. The summed E-state index contributed by atoms with van der Waals surface area (Å²) in [6.45, 7) is 6.76. The van der Waals surface area contributed by atoms with Crippen LogP contribution in [0.15, 0.2) is 54.3 Å². The highest BCUT2D eigenvalue weighted by Crippen LogP contribution is 2.26. The van der Waals surface area contributed by atoms with Crippen LogP contribution in [-0.4, -0.2) is 41.3 Å². The molecule has 1 aromatic heterocycles. The van der Waals surface area contributed by atoms with Crippen LogP contribution in [0.5, 0.6) is 0 Å². The Labute approximate surface area is 153 Å². The molecule has 0 saturated heterocycles. The summed E-state index contributed by atoms with van der Waals surface area (Å²) in [5.41, 5.74) is 2.66. The Hall–Kier alpha value is -2.17. The fourth-order valence-electron chi connectivity index (χ4n) is 2.99. The maximum Gasteiger partial charge on any atom is 0.182 e. The predicted molar refractivity (Wildman–Crippen MR) is 104 cm³/mol. The van der Waals surface area contributed by atoms with E-state index >= 15 is 0 Å². The molecule has 0 radical (unpaired) electrons. The van der Waals surface area contributed by atoms with Gasteiger partial charge in [-0.25, -0.2) is 0 Å². The molecule has 4 nitrogen and oxygen atoms in total. The molecule has 1 aliphatic rings. The van der Waals surface area contributed by atoms with Crippen LogP contribution in [0.25, 0.3) is 10.9 Å². The van der Waals surface area contributed by atoms with Gasteiger partial charge in [0.15, 0.2) is 5.78 Å². The summed E-state index contributed by atoms with van der Waals surface area (Å²) >= 11 is 6.05. The first kappa shape index (κ1) is 17.6. The molecule has 130 valence electrons. The van der Waals surface area contributed by atoms with E-state index in [1.54, 1.807) is 12.3 Å². The third-order valence-corrected chi connectivity index (χ3v) is 4.70. The monoisotopic (exact) mass is 355 g/mol. The molecule has 1 unspecified atom stereocenters. The summed E-state index contributed by atoms with van der Waals surface area (Å²) < 4.78 is 0. The van der Waals surface area contributed by atoms with Crippen LogP contribution in [0, 0.1) is 0 Å². The fraction of sp³-hybridized carbons (Fsp3) is 0.300. The molecular weight excluding hydrogens is 334 g/mol. The molecule has 0 aliphatic heterocycles. The van der Waals surface area contributed by atoms with Crippen molar-refractivity contribution in [2.75, 3.05) is 25.0 Å². The predicted octanol–water partition coefficient (Wildman–Crippen LogP) is 4.08. The van der Waals surface area contributed by atoms with Crippen molar-refractivity contribution >= 4 is 34.0 Å². The largest absolute Gasteiger partial charge is 0.375 e. The minimum atomic E-state index is -0.0236. The number of fused-ring (bicyclic) bond motifs is 1. The number of allylic oxidation sites excluding steroid dienone is 1. The van der Waals surface area contributed by atoms with Gasteiger partial charge in [-0.2, -0.15) is 0 Å². The zero-order valence-corrected chi connectivity index (χ0v) is 15.3. The molecule has 3 rings (SSSR count). The number of aromatic nitrogens is 1. The van der Waals surface area contributed by atoms with Crippen molar-refractivity contribution < 1.29 is 4.79 Å². The summed E-state index contributed by atoms with van der Waals surface area (Å²) in [5, 5.41) is 5.16. The van der Waals surface area contributed by atoms with E-state index in [1.165, 1.54) is 0 Å². The number of benzene rings is 1. The number of pyridine rings is 1. The number of nitrogens with one attached hydrogen (secondary N) is 1. The molecule has 1 heterocycles. The average Bonchev–Trinajstić information content (AvgIpc) is 2.62. The van der Waals surface area contributed by atoms with Crippen molar-refractivity contribution in [3.05, 3.63) is 59.3 Å². The van der Waals surface area contributed by atoms with Gasteiger partial charge in [-0.3, -0.25) is 14.7 Å². The number of nitrogens with zero attached hydrogens (tertiary/aromatic N) is 2. The van der Waals surface area contributed by atoms with Gasteiger partial charge in [0.1, 0.15) is 0 Å². The highest BCUT2D eigenvalue weighted by atomic mass is 35.5. The first-order valence-corrected chi connectivity index (χ1v) is 8.95. The lowest BCUT2D eigenvalue weighted by Crippen LogP contribution is -2.30. The number of hydrogen-bond acceptors (Lipinski definition) is 4. The Kier molecular flexibility index (Phi) is 5.51. The summed E-state index contributed by atoms with van der Waals surface area (Å²) in [5.74, 6) is 0.0938. The number of carbonyl (C=O) groups excluding carboxylic acids is 1. The lowest BCUT2D eigenvalue weighted by Gasteiger charge is -2.23. The number of carbonyl (C=O) groups is 1. The van der Waals surface area contributed by atoms with Crippen LogP contribution in [0.2, 0.25) is 5.02 Å². The second kappa shape index (κ2) is 7.81. The third kappa shape index (κ3) is 4.09. The molecule has 5 heteroatoms. The second-order valence-corrected chi connectivity index (χ2v) is 6.50. The van der Waals surface area contributed by atoms with Crippen LogP contribution < -0.4 is 5.32 Å². The van der Waals surface area contributed by atoms with E-state index in [2.05, 4.69) is 29.0 Å². The number of anilines is 1. The highest BCUT2D eigenvalue weighted by Gasteiger charge is 2.17. The van der Waals surface area contributed by atoms with Crippen molar-refractivity contribution in [2.24, 2.45) is 0 Å². The van der Waals surface area contributed by atoms with Crippen LogP contribution in [0.4, 0.5) is 5.69 Å². The first-order valence-electron chi connectivity index (χ1n) is 8.57. The van der Waals surface area contributed by atoms with Crippen molar-refractivity contribution in [2.45, 2.75) is 19.9 Å². The Morgan fingerprint density at radius 3 is 2.80 bits per heavy atom. The Balaban J connectivity index is 1.84. The molecule has 0 bridgehead atoms. The first-order chi connectivity index (χ1) is 12.1. The Morgan fingerprint density at radius 2 is 2.04 bits per heavy atom. The highest BCUT2D eigenvalue weighted by molar-refractivity contribution is 6.31. The molecular formula is C20H22ClN3O. The van der Waals surface area contributed by atoms with Crippen molar-refractivity contribution in [3.8, 4) is 0 Å². The van der Waals surface area contributed by atoms with Gasteiger partial charge in [0.2, 0.25) is 0 Å². The van der Waals surface area contributed by atoms with Crippen molar-refractivity contribution in [3.63, 3.8) is 0 Å². The lowest BCUT2D eigenvalue weighted by molar-refractivity contribution is -0.111. The van der Waals surface area contributed by atoms with Gasteiger partial charge < -0.3 is 5.32 Å². The molecule has 2 aromatic rings. The van der Waals surface area contributed by atoms with Gasteiger partial charge >= 0.3 is 0 Å². The van der Waals surface area contributed by atoms with Crippen molar-refractivity contribution in [1.82, 2.24) is 9.88 Å². The number of halogens is 1. The summed E-state index contributed by atoms with van der Waals surface area (Å²) in [4.78, 5) is 18.8. The zero-order chi connectivity index (χ0) is 17.8. The van der Waals surface area contributed by atoms with Gasteiger partial charge in [-0.05, 0) is 43.4 Å². The smallest absolute Gasteiger partial charge is 0.182 e. The fourth-order valence-corrected chi connectivity index (χ4v) is 3.15. The molecule has 0 amide bonds. The molecule has 1 N–H and O–H groups in total. The van der Waals surface area contributed by atoms with Gasteiger partial charge in [-0.15, -0.1) is 0 Å². The standard InChI is InChI=1S/C20H22ClN3O/c1-3-24(4-2)13-14-11-16(6-8-20(14)25)23-18-9-10-22-19-12-15(21)5-7-17(18)19/h5-12,16H,3-4,13H2,1-2H3,(H,22,23). The van der Waals surface area contributed by atoms with Gasteiger partial charge in [-0.1, -0.05) is 37.6 Å². The van der Waals surface area contributed by atoms with Crippen LogP contribution in [0.3, 0.4) is 0 Å². The van der Waals surface area contributed by atoms with Gasteiger partial charge in [0, 0.05) is 34.4 Å². The topological polar surface area (TPSA) is 45.2 Å². The number of likely N-dealkylation sites (N-methyl/N-ethyl adjacent to an activating group) is 1. The van der Waals surface area contributed by atoms with E-state index in [1.807, 2.05) is 36.4 Å². The van der Waals surface area contributed by atoms with E-state index in [9.17, 15) is 4.79 Å². The molecule has 25 heavy (non-hydrogen) atoms. The lowest BCUT2D eigenvalue weighted by atomic mass is 10.00. The minimum absolute atomic E-state index is 0.0236. The quantitative estimate of drug-likeness (QED) is 0.848. The van der Waals surface area contributed by atoms with Gasteiger partial charge in [0.05, 0.1) is 11.6 Å². The minimum Gasteiger partial charge on any atom is -0.375 e. The van der Waals surface area contributed by atoms with E-state index in [-0.39, 0.29) is 11.8 Å². The maximum atomic E-state index is 12.2. The van der Waals surface area contributed by atoms with E-state index in [0.29, 0.717) is 11.6 Å². The summed E-state index contributed by atoms with van der Waals surface area (Å²) in [6, 6.07) is 7.59. The molecule has 0 spiro atoms. The van der Waals surface area contributed by atoms with Crippen molar-refractivity contribution in [1.29, 1.82) is 0 Å². The zero-order valence-electron chi connectivity index (χ0n) is 14.5.